The molecular weight excluding hydrogens is 1620 g/mol. The summed E-state index contributed by atoms with van der Waals surface area (Å²) in [5, 5.41) is 27.7. The number of hydrogen-bond donors (Lipinski definition) is 0. The molecule has 9 rings (SSSR count). The number of hydrogen-bond acceptors (Lipinski definition) is 21. The van der Waals surface area contributed by atoms with Gasteiger partial charge in [0.15, 0.2) is 17.6 Å². The van der Waals surface area contributed by atoms with Crippen LogP contribution in [0.5, 0.6) is 0 Å². The Morgan fingerprint density at radius 1 is 0.187 bits per heavy atom. The van der Waals surface area contributed by atoms with Gasteiger partial charge >= 0.3 is 0 Å². The van der Waals surface area contributed by atoms with Gasteiger partial charge in [0.05, 0.1) is 54.2 Å². The van der Waals surface area contributed by atoms with Gasteiger partial charge in [-0.05, 0) is 52.4 Å². The lowest BCUT2D eigenvalue weighted by atomic mass is 9.91. The van der Waals surface area contributed by atoms with E-state index >= 15 is 0 Å². The van der Waals surface area contributed by atoms with Gasteiger partial charge in [0.25, 0.3) is 0 Å². The standard InChI is InChI=1S/2C12H21NO.4C12H21NS.2C10H18N2O.C10H18N2S/c2*1-8-9(11(2,3)4)14-10(13-8)12(5,6)7;2*1-8-9(11(2,3)4)13-10(14-8)12(5,6)7;2*1-8-9(11(2,3)4)14-10(13-8)12(5,6)7;1-9(2,3)7-11-12-8(13-7)10(4,5)6;1-9(2,3)7-11-8(13-12-7)10(4,5)6;1-9(2,3)7-11-12-8(13-7)10(4,5)6/h6*1-7H3;3*1-6H3. The monoisotopic (exact) mass is 1800 g/mol. The topological polar surface area (TPSA) is 207 Å². The van der Waals surface area contributed by atoms with E-state index in [0.29, 0.717) is 17.7 Å². The SMILES string of the molecule is CC(C)(C)c1nnc(C(C)(C)C)o1.CC(C)(C)c1nnc(C(C)(C)C)s1.CC(C)(C)c1noc(C(C)(C)C)n1.Cc1nc(C(C)(C)C)oc1C(C)(C)C.Cc1nc(C(C)(C)C)oc1C(C)(C)C.Cc1nc(C(C)(C)C)sc1C(C)(C)C.Cc1nc(C(C)(C)C)sc1C(C)(C)C.Cc1sc(C(C)(C)C)nc1C(C)(C)C.Cc1sc(C(C)(C)C)nc1C(C)(C)C. The predicted octanol–water partition coefficient (Wildman–Crippen LogP) is 31.8. The highest BCUT2D eigenvalue weighted by Gasteiger charge is 2.35. The third-order valence-corrected chi connectivity index (χ3v) is 26.5. The Hall–Kier alpha value is -5.22. The normalized spacial score (nSPS) is 13.4. The van der Waals surface area contributed by atoms with Crippen LogP contribution in [0.2, 0.25) is 0 Å². The van der Waals surface area contributed by atoms with Crippen molar-refractivity contribution in [2.24, 2.45) is 0 Å². The van der Waals surface area contributed by atoms with E-state index in [0.717, 1.165) is 50.5 Å². The third-order valence-electron chi connectivity index (χ3n) is 17.9. The van der Waals surface area contributed by atoms with Crippen molar-refractivity contribution < 1.29 is 17.8 Å². The highest BCUT2D eigenvalue weighted by molar-refractivity contribution is 7.13. The lowest BCUT2D eigenvalue weighted by Crippen LogP contribution is -2.15. The van der Waals surface area contributed by atoms with Crippen LogP contribution in [-0.2, 0) is 97.5 Å². The van der Waals surface area contributed by atoms with Crippen molar-refractivity contribution in [3.8, 4) is 0 Å². The number of thiazole rings is 4. The van der Waals surface area contributed by atoms with E-state index in [1.54, 1.807) is 11.3 Å². The number of nitrogens with zero attached hydrogens (tertiary/aromatic N) is 12. The summed E-state index contributed by atoms with van der Waals surface area (Å²) >= 11 is 9.12. The maximum atomic E-state index is 5.83. The molecule has 0 amide bonds. The molecule has 0 aromatic carbocycles. The minimum atomic E-state index is -0.0590. The lowest BCUT2D eigenvalue weighted by molar-refractivity contribution is 0.314. The molecular formula is C102H180N12O4S5. The molecule has 0 aliphatic rings. The fraction of sp³-hybridized carbons (Fsp3) is 0.765. The van der Waals surface area contributed by atoms with E-state index in [4.69, 9.17) is 27.7 Å². The Kier molecular flexibility index (Phi) is 38.4. The molecule has 16 nitrogen and oxygen atoms in total. The van der Waals surface area contributed by atoms with Gasteiger partial charge in [-0.25, -0.2) is 29.9 Å². The quantitative estimate of drug-likeness (QED) is 0.138. The van der Waals surface area contributed by atoms with Crippen molar-refractivity contribution in [1.29, 1.82) is 0 Å². The molecule has 21 heteroatoms. The third kappa shape index (κ3) is 37.8. The van der Waals surface area contributed by atoms with Gasteiger partial charge in [-0.1, -0.05) is 379 Å². The zero-order valence-corrected chi connectivity index (χ0v) is 94.1. The van der Waals surface area contributed by atoms with E-state index in [-0.39, 0.29) is 97.5 Å². The maximum Gasteiger partial charge on any atom is 0.232 e. The van der Waals surface area contributed by atoms with Gasteiger partial charge in [-0.3, -0.25) is 0 Å². The van der Waals surface area contributed by atoms with Crippen LogP contribution < -0.4 is 0 Å². The molecule has 0 bridgehead atoms. The summed E-state index contributed by atoms with van der Waals surface area (Å²) in [5.41, 5.74) is 8.58. The summed E-state index contributed by atoms with van der Waals surface area (Å²) < 4.78 is 22.4. The van der Waals surface area contributed by atoms with Crippen LogP contribution in [0.4, 0.5) is 0 Å². The Morgan fingerprint density at radius 3 is 0.569 bits per heavy atom. The van der Waals surface area contributed by atoms with Crippen LogP contribution >= 0.6 is 56.7 Å². The van der Waals surface area contributed by atoms with Gasteiger partial charge < -0.3 is 17.8 Å². The molecule has 0 atom stereocenters. The Bertz CT molecular complexity index is 3940. The fourth-order valence-corrected chi connectivity index (χ4v) is 16.7. The molecule has 9 aromatic heterocycles. The number of aryl methyl sites for hydroxylation is 6. The molecule has 0 saturated heterocycles. The highest BCUT2D eigenvalue weighted by Crippen LogP contribution is 2.42. The first-order valence-electron chi connectivity index (χ1n) is 44.3. The fourth-order valence-electron chi connectivity index (χ4n) is 11.0. The van der Waals surface area contributed by atoms with Gasteiger partial charge in [0.1, 0.15) is 21.5 Å². The molecule has 0 spiro atoms. The van der Waals surface area contributed by atoms with Crippen molar-refractivity contribution in [1.82, 2.24) is 60.4 Å². The highest BCUT2D eigenvalue weighted by atomic mass is 32.1. The molecule has 0 N–H and O–H groups in total. The molecule has 123 heavy (non-hydrogen) atoms. The Morgan fingerprint density at radius 2 is 0.439 bits per heavy atom. The van der Waals surface area contributed by atoms with Crippen LogP contribution in [0.1, 0.15) is 504 Å². The van der Waals surface area contributed by atoms with Crippen LogP contribution in [0, 0.1) is 41.5 Å². The van der Waals surface area contributed by atoms with Gasteiger partial charge in [-0.15, -0.1) is 77.1 Å². The van der Waals surface area contributed by atoms with Crippen LogP contribution in [-0.4, -0.2) is 60.4 Å². The molecule has 9 heterocycles. The summed E-state index contributed by atoms with van der Waals surface area (Å²) in [5.74, 6) is 6.56. The van der Waals surface area contributed by atoms with Crippen molar-refractivity contribution in [3.05, 3.63) is 131 Å². The van der Waals surface area contributed by atoms with E-state index in [1.807, 2.05) is 59.2 Å². The van der Waals surface area contributed by atoms with Gasteiger partial charge in [-0.2, -0.15) is 4.98 Å². The van der Waals surface area contributed by atoms with Crippen molar-refractivity contribution in [2.75, 3.05) is 0 Å². The number of rotatable bonds is 0. The van der Waals surface area contributed by atoms with Crippen molar-refractivity contribution in [2.45, 2.75) is 513 Å². The first-order chi connectivity index (χ1) is 53.9. The van der Waals surface area contributed by atoms with Crippen LogP contribution in [0.25, 0.3) is 0 Å². The maximum absolute atomic E-state index is 5.83. The summed E-state index contributed by atoms with van der Waals surface area (Å²) in [7, 11) is 0. The smallest absolute Gasteiger partial charge is 0.232 e. The molecule has 0 radical (unpaired) electrons. The zero-order chi connectivity index (χ0) is 97.7. The van der Waals surface area contributed by atoms with E-state index in [1.165, 1.54) is 62.3 Å². The lowest BCUT2D eigenvalue weighted by Gasteiger charge is -2.17. The average Bonchev–Trinajstić information content (AvgIpc) is 1.67. The average molecular weight is 1800 g/mol. The van der Waals surface area contributed by atoms with Crippen LogP contribution in [0.15, 0.2) is 17.8 Å². The Balaban J connectivity index is 0.000000692. The van der Waals surface area contributed by atoms with Gasteiger partial charge in [0, 0.05) is 106 Å². The summed E-state index contributed by atoms with van der Waals surface area (Å²) in [6, 6.07) is 0. The van der Waals surface area contributed by atoms with Crippen molar-refractivity contribution >= 4 is 56.7 Å². The summed E-state index contributed by atoms with van der Waals surface area (Å²) in [4.78, 5) is 37.8. The predicted molar refractivity (Wildman–Crippen MR) is 535 cm³/mol. The second-order valence-corrected chi connectivity index (χ2v) is 57.2. The second kappa shape index (κ2) is 40.8. The van der Waals surface area contributed by atoms with Crippen LogP contribution in [0.3, 0.4) is 0 Å². The zero-order valence-electron chi connectivity index (χ0n) is 90.0. The minimum absolute atomic E-state index is 0.00569. The van der Waals surface area contributed by atoms with Gasteiger partial charge in [0.2, 0.25) is 17.7 Å². The molecule has 0 fully saturated rings. The summed E-state index contributed by atoms with van der Waals surface area (Å²) in [6.45, 7) is 129. The van der Waals surface area contributed by atoms with Crippen molar-refractivity contribution in [3.63, 3.8) is 0 Å². The van der Waals surface area contributed by atoms with E-state index in [9.17, 15) is 0 Å². The second-order valence-electron chi connectivity index (χ2n) is 51.8. The Labute approximate surface area is 772 Å². The molecule has 702 valence electrons. The van der Waals surface area contributed by atoms with E-state index < -0.39 is 0 Å². The molecule has 0 aliphatic heterocycles. The summed E-state index contributed by atoms with van der Waals surface area (Å²) in [6.07, 6.45) is 0. The molecule has 0 unspecified atom stereocenters. The number of oxazole rings is 2. The number of aromatic nitrogens is 12. The molecule has 0 aliphatic carbocycles. The first-order valence-corrected chi connectivity index (χ1v) is 48.4. The van der Waals surface area contributed by atoms with E-state index in [2.05, 4.69) is 452 Å². The minimum Gasteiger partial charge on any atom is -0.444 e. The molecule has 0 saturated carbocycles. The molecule has 9 aromatic rings. The first kappa shape index (κ1) is 116. The largest absolute Gasteiger partial charge is 0.444 e.